The molecule has 4 nitrogen and oxygen atoms in total. The summed E-state index contributed by atoms with van der Waals surface area (Å²) in [4.78, 5) is 0. The lowest BCUT2D eigenvalue weighted by atomic mass is 9.99. The van der Waals surface area contributed by atoms with E-state index in [1.807, 2.05) is 6.07 Å². The zero-order chi connectivity index (χ0) is 13.2. The van der Waals surface area contributed by atoms with Gasteiger partial charge in [-0.25, -0.2) is 0 Å². The van der Waals surface area contributed by atoms with Gasteiger partial charge in [0.05, 0.1) is 0 Å². The first-order valence-electron chi connectivity index (χ1n) is 6.36. The highest BCUT2D eigenvalue weighted by atomic mass is 16.7. The number of nitrogens with one attached hydrogen (secondary N) is 1. The van der Waals surface area contributed by atoms with E-state index in [1.54, 1.807) is 0 Å². The molecule has 0 saturated carbocycles. The van der Waals surface area contributed by atoms with Crippen LogP contribution in [0.3, 0.4) is 0 Å². The summed E-state index contributed by atoms with van der Waals surface area (Å²) in [6.07, 6.45) is 0.955. The van der Waals surface area contributed by atoms with Gasteiger partial charge in [0.2, 0.25) is 6.79 Å². The van der Waals surface area contributed by atoms with Crippen molar-refractivity contribution >= 4 is 0 Å². The summed E-state index contributed by atoms with van der Waals surface area (Å²) in [5, 5.41) is 3.53. The van der Waals surface area contributed by atoms with Crippen LogP contribution in [0.1, 0.15) is 31.4 Å². The third-order valence-electron chi connectivity index (χ3n) is 3.36. The number of nitrogens with two attached hydrogens (primary N) is 1. The molecule has 0 radical (unpaired) electrons. The van der Waals surface area contributed by atoms with E-state index in [0.717, 1.165) is 24.5 Å². The zero-order valence-corrected chi connectivity index (χ0v) is 11.4. The highest BCUT2D eigenvalue weighted by molar-refractivity contribution is 5.48. The minimum absolute atomic E-state index is 0.0531. The number of hydrogen-bond acceptors (Lipinski definition) is 4. The second-order valence-electron chi connectivity index (χ2n) is 5.41. The number of benzene rings is 1. The van der Waals surface area contributed by atoms with Gasteiger partial charge in [0, 0.05) is 12.1 Å². The SMILES string of the molecule is Cc1cc2c(cc1CNC(C)(C)CCN)OCO2. The summed E-state index contributed by atoms with van der Waals surface area (Å²) in [5.41, 5.74) is 8.12. The zero-order valence-electron chi connectivity index (χ0n) is 11.4. The fraction of sp³-hybridized carbons (Fsp3) is 0.571. The number of rotatable bonds is 5. The molecule has 1 aromatic rings. The van der Waals surface area contributed by atoms with Crippen LogP contribution in [0.2, 0.25) is 0 Å². The van der Waals surface area contributed by atoms with Crippen molar-refractivity contribution in [3.63, 3.8) is 0 Å². The Hall–Kier alpha value is -1.26. The molecule has 0 saturated heterocycles. The van der Waals surface area contributed by atoms with Crippen LogP contribution in [0.25, 0.3) is 0 Å². The van der Waals surface area contributed by atoms with Crippen molar-refractivity contribution in [3.8, 4) is 11.5 Å². The molecule has 1 aliphatic rings. The molecule has 0 fully saturated rings. The van der Waals surface area contributed by atoms with E-state index in [0.29, 0.717) is 13.3 Å². The maximum atomic E-state index is 5.61. The molecule has 0 spiro atoms. The molecular formula is C14H22N2O2. The summed E-state index contributed by atoms with van der Waals surface area (Å²) in [5.74, 6) is 1.69. The molecule has 4 heteroatoms. The monoisotopic (exact) mass is 250 g/mol. The molecule has 0 aliphatic carbocycles. The van der Waals surface area contributed by atoms with Gasteiger partial charge in [0.15, 0.2) is 11.5 Å². The standard InChI is InChI=1S/C14H22N2O2/c1-10-6-12-13(18-9-17-12)7-11(10)8-16-14(2,3)4-5-15/h6-7,16H,4-5,8-9,15H2,1-3H3. The highest BCUT2D eigenvalue weighted by Crippen LogP contribution is 2.34. The third-order valence-corrected chi connectivity index (χ3v) is 3.36. The van der Waals surface area contributed by atoms with Gasteiger partial charge in [-0.15, -0.1) is 0 Å². The van der Waals surface area contributed by atoms with Crippen molar-refractivity contribution in [2.24, 2.45) is 5.73 Å². The maximum Gasteiger partial charge on any atom is 0.231 e. The second-order valence-corrected chi connectivity index (χ2v) is 5.41. The molecule has 0 amide bonds. The molecule has 1 aliphatic heterocycles. The summed E-state index contributed by atoms with van der Waals surface area (Å²) in [6.45, 7) is 8.26. The Morgan fingerprint density at radius 3 is 2.61 bits per heavy atom. The molecule has 100 valence electrons. The van der Waals surface area contributed by atoms with Gasteiger partial charge in [-0.2, -0.15) is 0 Å². The Kier molecular flexibility index (Phi) is 3.78. The summed E-state index contributed by atoms with van der Waals surface area (Å²) in [7, 11) is 0. The molecule has 1 heterocycles. The molecule has 18 heavy (non-hydrogen) atoms. The van der Waals surface area contributed by atoms with E-state index in [-0.39, 0.29) is 5.54 Å². The molecule has 3 N–H and O–H groups in total. The van der Waals surface area contributed by atoms with Gasteiger partial charge in [-0.3, -0.25) is 0 Å². The Morgan fingerprint density at radius 1 is 1.28 bits per heavy atom. The van der Waals surface area contributed by atoms with Gasteiger partial charge in [0.25, 0.3) is 0 Å². The number of fused-ring (bicyclic) bond motifs is 1. The van der Waals surface area contributed by atoms with Gasteiger partial charge in [0.1, 0.15) is 0 Å². The van der Waals surface area contributed by atoms with Gasteiger partial charge in [-0.05, 0) is 57.0 Å². The molecule has 0 bridgehead atoms. The molecule has 0 aromatic heterocycles. The van der Waals surface area contributed by atoms with Crippen LogP contribution >= 0.6 is 0 Å². The lowest BCUT2D eigenvalue weighted by molar-refractivity contribution is 0.174. The van der Waals surface area contributed by atoms with Crippen LogP contribution in [-0.4, -0.2) is 18.9 Å². The normalized spacial score (nSPS) is 14.0. The molecule has 1 aromatic carbocycles. The van der Waals surface area contributed by atoms with Crippen LogP contribution < -0.4 is 20.5 Å². The van der Waals surface area contributed by atoms with Crippen LogP contribution in [0, 0.1) is 6.92 Å². The minimum Gasteiger partial charge on any atom is -0.454 e. The van der Waals surface area contributed by atoms with Crippen molar-refractivity contribution in [1.29, 1.82) is 0 Å². The van der Waals surface area contributed by atoms with Gasteiger partial charge >= 0.3 is 0 Å². The van der Waals surface area contributed by atoms with Crippen LogP contribution in [0.4, 0.5) is 0 Å². The van der Waals surface area contributed by atoms with Crippen molar-refractivity contribution in [3.05, 3.63) is 23.3 Å². The Morgan fingerprint density at radius 2 is 1.94 bits per heavy atom. The molecule has 0 atom stereocenters. The Balaban J connectivity index is 2.06. The largest absolute Gasteiger partial charge is 0.454 e. The number of ether oxygens (including phenoxy) is 2. The second kappa shape index (κ2) is 5.16. The van der Waals surface area contributed by atoms with E-state index in [2.05, 4.69) is 32.2 Å². The van der Waals surface area contributed by atoms with E-state index in [1.165, 1.54) is 11.1 Å². The summed E-state index contributed by atoms with van der Waals surface area (Å²) in [6, 6.07) is 4.10. The van der Waals surface area contributed by atoms with Gasteiger partial charge in [-0.1, -0.05) is 0 Å². The van der Waals surface area contributed by atoms with E-state index < -0.39 is 0 Å². The van der Waals surface area contributed by atoms with Crippen molar-refractivity contribution in [2.75, 3.05) is 13.3 Å². The van der Waals surface area contributed by atoms with Crippen molar-refractivity contribution in [2.45, 2.75) is 39.3 Å². The van der Waals surface area contributed by atoms with Gasteiger partial charge < -0.3 is 20.5 Å². The summed E-state index contributed by atoms with van der Waals surface area (Å²) >= 11 is 0. The third kappa shape index (κ3) is 2.94. The van der Waals surface area contributed by atoms with Crippen molar-refractivity contribution in [1.82, 2.24) is 5.32 Å². The minimum atomic E-state index is 0.0531. The lowest BCUT2D eigenvalue weighted by Crippen LogP contribution is -2.40. The number of hydrogen-bond donors (Lipinski definition) is 2. The van der Waals surface area contributed by atoms with E-state index in [4.69, 9.17) is 15.2 Å². The van der Waals surface area contributed by atoms with E-state index in [9.17, 15) is 0 Å². The first-order valence-corrected chi connectivity index (χ1v) is 6.36. The number of aryl methyl sites for hydroxylation is 1. The molecule has 2 rings (SSSR count). The maximum absolute atomic E-state index is 5.61. The predicted octanol–water partition coefficient (Wildman–Crippen LogP) is 1.94. The van der Waals surface area contributed by atoms with Crippen LogP contribution in [-0.2, 0) is 6.54 Å². The average Bonchev–Trinajstić information content (AvgIpc) is 2.72. The summed E-state index contributed by atoms with van der Waals surface area (Å²) < 4.78 is 10.8. The molecule has 0 unspecified atom stereocenters. The van der Waals surface area contributed by atoms with Crippen molar-refractivity contribution < 1.29 is 9.47 Å². The molecular weight excluding hydrogens is 228 g/mol. The smallest absolute Gasteiger partial charge is 0.231 e. The lowest BCUT2D eigenvalue weighted by Gasteiger charge is -2.26. The fourth-order valence-corrected chi connectivity index (χ4v) is 2.06. The highest BCUT2D eigenvalue weighted by Gasteiger charge is 2.18. The van der Waals surface area contributed by atoms with Crippen LogP contribution in [0.5, 0.6) is 11.5 Å². The average molecular weight is 250 g/mol. The fourth-order valence-electron chi connectivity index (χ4n) is 2.06. The predicted molar refractivity (Wildman–Crippen MR) is 71.9 cm³/mol. The first-order chi connectivity index (χ1) is 8.52. The Labute approximate surface area is 108 Å². The van der Waals surface area contributed by atoms with E-state index >= 15 is 0 Å². The topological polar surface area (TPSA) is 56.5 Å². The van der Waals surface area contributed by atoms with Crippen LogP contribution in [0.15, 0.2) is 12.1 Å². The first kappa shape index (κ1) is 13.2. The Bertz CT molecular complexity index is 430. The quantitative estimate of drug-likeness (QED) is 0.838.